The zero-order chi connectivity index (χ0) is 13.3. The number of rotatable bonds is 3. The first-order valence-electron chi connectivity index (χ1n) is 5.06. The van der Waals surface area contributed by atoms with Crippen molar-refractivity contribution in [1.29, 1.82) is 0 Å². The minimum absolute atomic E-state index is 0.240. The second-order valence-corrected chi connectivity index (χ2v) is 7.30. The molecule has 0 aliphatic heterocycles. The molecule has 0 spiro atoms. The van der Waals surface area contributed by atoms with Gasteiger partial charge in [0.25, 0.3) is 0 Å². The molecule has 2 rings (SSSR count). The molecule has 0 radical (unpaired) electrons. The summed E-state index contributed by atoms with van der Waals surface area (Å²) in [6.07, 6.45) is 0. The maximum absolute atomic E-state index is 6.23. The first-order chi connectivity index (χ1) is 8.52. The van der Waals surface area contributed by atoms with Gasteiger partial charge in [-0.25, -0.2) is 0 Å². The van der Waals surface area contributed by atoms with Crippen LogP contribution in [0.2, 0.25) is 5.02 Å². The molecule has 1 aromatic carbocycles. The predicted octanol–water partition coefficient (Wildman–Crippen LogP) is 4.98. The van der Waals surface area contributed by atoms with E-state index in [-0.39, 0.29) is 6.04 Å². The van der Waals surface area contributed by atoms with Gasteiger partial charge in [0.1, 0.15) is 5.75 Å². The monoisotopic (exact) mass is 409 g/mol. The van der Waals surface area contributed by atoms with Crippen LogP contribution in [0.3, 0.4) is 0 Å². The highest BCUT2D eigenvalue weighted by molar-refractivity contribution is 9.13. The lowest BCUT2D eigenvalue weighted by Gasteiger charge is -2.12. The van der Waals surface area contributed by atoms with Crippen LogP contribution >= 0.6 is 54.8 Å². The van der Waals surface area contributed by atoms with Gasteiger partial charge >= 0.3 is 0 Å². The van der Waals surface area contributed by atoms with Crippen molar-refractivity contribution in [3.8, 4) is 5.75 Å². The van der Waals surface area contributed by atoms with Crippen LogP contribution in [0.15, 0.2) is 32.5 Å². The van der Waals surface area contributed by atoms with Crippen molar-refractivity contribution in [1.82, 2.24) is 0 Å². The lowest BCUT2D eigenvalue weighted by Crippen LogP contribution is -2.10. The first-order valence-corrected chi connectivity index (χ1v) is 7.84. The number of thiophene rings is 1. The van der Waals surface area contributed by atoms with E-state index in [9.17, 15) is 0 Å². The highest BCUT2D eigenvalue weighted by Gasteiger charge is 2.16. The van der Waals surface area contributed by atoms with Crippen molar-refractivity contribution in [3.05, 3.63) is 48.0 Å². The van der Waals surface area contributed by atoms with Crippen molar-refractivity contribution in [2.24, 2.45) is 5.73 Å². The molecule has 0 bridgehead atoms. The molecule has 0 saturated heterocycles. The van der Waals surface area contributed by atoms with Crippen LogP contribution in [-0.2, 0) is 0 Å². The number of methoxy groups -OCH3 is 1. The van der Waals surface area contributed by atoms with Crippen molar-refractivity contribution in [2.75, 3.05) is 7.11 Å². The van der Waals surface area contributed by atoms with Crippen molar-refractivity contribution >= 4 is 54.8 Å². The molecular weight excluding hydrogens is 401 g/mol. The smallest absolute Gasteiger partial charge is 0.120 e. The van der Waals surface area contributed by atoms with Gasteiger partial charge < -0.3 is 10.5 Å². The normalized spacial score (nSPS) is 12.5. The van der Waals surface area contributed by atoms with E-state index in [4.69, 9.17) is 22.1 Å². The largest absolute Gasteiger partial charge is 0.497 e. The zero-order valence-electron chi connectivity index (χ0n) is 9.41. The highest BCUT2D eigenvalue weighted by atomic mass is 79.9. The summed E-state index contributed by atoms with van der Waals surface area (Å²) >= 11 is 14.7. The Morgan fingerprint density at radius 2 is 2.06 bits per heavy atom. The van der Waals surface area contributed by atoms with Crippen LogP contribution in [0.25, 0.3) is 0 Å². The quantitative estimate of drug-likeness (QED) is 0.773. The van der Waals surface area contributed by atoms with Crippen LogP contribution in [0, 0.1) is 0 Å². The summed E-state index contributed by atoms with van der Waals surface area (Å²) in [5, 5.41) is 0.613. The molecule has 18 heavy (non-hydrogen) atoms. The molecule has 0 fully saturated rings. The molecule has 2 nitrogen and oxygen atoms in total. The van der Waals surface area contributed by atoms with E-state index >= 15 is 0 Å². The Balaban J connectivity index is 2.36. The summed E-state index contributed by atoms with van der Waals surface area (Å²) in [6.45, 7) is 0. The second-order valence-electron chi connectivity index (χ2n) is 3.64. The Hall–Kier alpha value is -0.0700. The van der Waals surface area contributed by atoms with E-state index in [0.29, 0.717) is 5.02 Å². The van der Waals surface area contributed by atoms with Gasteiger partial charge in [0.05, 0.1) is 16.9 Å². The number of benzene rings is 1. The van der Waals surface area contributed by atoms with Crippen LogP contribution in [0.1, 0.15) is 16.5 Å². The first kappa shape index (κ1) is 14.3. The molecule has 1 unspecified atom stereocenters. The lowest BCUT2D eigenvalue weighted by atomic mass is 10.1. The predicted molar refractivity (Wildman–Crippen MR) is 83.8 cm³/mol. The summed E-state index contributed by atoms with van der Waals surface area (Å²) in [4.78, 5) is 1.04. The van der Waals surface area contributed by atoms with E-state index < -0.39 is 0 Å². The molecule has 2 aromatic rings. The van der Waals surface area contributed by atoms with Gasteiger partial charge in [-0.3, -0.25) is 0 Å². The fourth-order valence-corrected chi connectivity index (χ4v) is 3.96. The average molecular weight is 412 g/mol. The molecular formula is C12H10Br2ClNOS. The summed E-state index contributed by atoms with van der Waals surface area (Å²) < 4.78 is 7.15. The van der Waals surface area contributed by atoms with E-state index in [0.717, 1.165) is 24.4 Å². The second kappa shape index (κ2) is 5.92. The molecule has 2 N–H and O–H groups in total. The van der Waals surface area contributed by atoms with E-state index in [1.165, 1.54) is 0 Å². The van der Waals surface area contributed by atoms with Gasteiger partial charge in [0.15, 0.2) is 0 Å². The lowest BCUT2D eigenvalue weighted by molar-refractivity contribution is 0.414. The van der Waals surface area contributed by atoms with E-state index in [2.05, 4.69) is 31.9 Å². The molecule has 1 atom stereocenters. The molecule has 0 saturated carbocycles. The third-order valence-corrected chi connectivity index (χ3v) is 6.18. The van der Waals surface area contributed by atoms with Gasteiger partial charge in [0.2, 0.25) is 0 Å². The van der Waals surface area contributed by atoms with Crippen molar-refractivity contribution in [3.63, 3.8) is 0 Å². The van der Waals surface area contributed by atoms with Crippen LogP contribution in [0.5, 0.6) is 5.75 Å². The maximum Gasteiger partial charge on any atom is 0.120 e. The number of nitrogens with two attached hydrogens (primary N) is 1. The fourth-order valence-electron chi connectivity index (χ4n) is 1.56. The highest BCUT2D eigenvalue weighted by Crippen LogP contribution is 2.38. The number of ether oxygens (including phenoxy) is 1. The molecule has 1 heterocycles. The standard InChI is InChI=1S/C12H10Br2ClNOS/c1-17-6-2-3-7(9(15)4-6)11(16)10-5-8(13)12(14)18-10/h2-5,11H,16H2,1H3. The summed E-state index contributed by atoms with van der Waals surface area (Å²) in [7, 11) is 1.61. The SMILES string of the molecule is COc1ccc(C(N)c2cc(Br)c(Br)s2)c(Cl)c1. The molecule has 96 valence electrons. The number of hydrogen-bond acceptors (Lipinski definition) is 3. The van der Waals surface area contributed by atoms with Gasteiger partial charge in [-0.15, -0.1) is 11.3 Å². The Morgan fingerprint density at radius 1 is 1.33 bits per heavy atom. The Kier molecular flexibility index (Phi) is 4.72. The van der Waals surface area contributed by atoms with Crippen LogP contribution in [-0.4, -0.2) is 7.11 Å². The van der Waals surface area contributed by atoms with Gasteiger partial charge in [-0.1, -0.05) is 17.7 Å². The van der Waals surface area contributed by atoms with Crippen molar-refractivity contribution in [2.45, 2.75) is 6.04 Å². The maximum atomic E-state index is 6.23. The summed E-state index contributed by atoms with van der Waals surface area (Å²) in [5.74, 6) is 0.726. The average Bonchev–Trinajstić information content (AvgIpc) is 2.68. The Bertz CT molecular complexity index is 554. The Labute approximate surface area is 131 Å². The molecule has 6 heteroatoms. The van der Waals surface area contributed by atoms with E-state index in [1.807, 2.05) is 18.2 Å². The van der Waals surface area contributed by atoms with Gasteiger partial charge in [-0.2, -0.15) is 0 Å². The van der Waals surface area contributed by atoms with Crippen LogP contribution < -0.4 is 10.5 Å². The third-order valence-electron chi connectivity index (χ3n) is 2.51. The molecule has 0 amide bonds. The summed E-state index contributed by atoms with van der Waals surface area (Å²) in [5.41, 5.74) is 7.12. The molecule has 0 aliphatic rings. The topological polar surface area (TPSA) is 35.2 Å². The summed E-state index contributed by atoms with van der Waals surface area (Å²) in [6, 6.07) is 7.29. The zero-order valence-corrected chi connectivity index (χ0v) is 14.2. The fraction of sp³-hybridized carbons (Fsp3) is 0.167. The van der Waals surface area contributed by atoms with Crippen molar-refractivity contribution < 1.29 is 4.74 Å². The minimum atomic E-state index is -0.240. The number of halogens is 3. The van der Waals surface area contributed by atoms with Gasteiger partial charge in [0, 0.05) is 14.4 Å². The molecule has 1 aromatic heterocycles. The number of hydrogen-bond donors (Lipinski definition) is 1. The van der Waals surface area contributed by atoms with E-state index in [1.54, 1.807) is 24.5 Å². The van der Waals surface area contributed by atoms with Crippen LogP contribution in [0.4, 0.5) is 0 Å². The van der Waals surface area contributed by atoms with Gasteiger partial charge in [-0.05, 0) is 55.6 Å². The third kappa shape index (κ3) is 2.91. The Morgan fingerprint density at radius 3 is 2.56 bits per heavy atom. The minimum Gasteiger partial charge on any atom is -0.497 e. The molecule has 0 aliphatic carbocycles.